The average molecular weight is 473 g/mol. The molecule has 0 fully saturated rings. The van der Waals surface area contributed by atoms with E-state index in [4.69, 9.17) is 9.47 Å². The zero-order valence-electron chi connectivity index (χ0n) is 18.3. The molecule has 0 aliphatic heterocycles. The fraction of sp³-hybridized carbons (Fsp3) is 0.273. The molecule has 0 bridgehead atoms. The Balaban J connectivity index is 1.75. The Morgan fingerprint density at radius 2 is 1.69 bits per heavy atom. The molecule has 0 saturated carbocycles. The molecule has 0 aliphatic rings. The average Bonchev–Trinajstić information content (AvgIpc) is 3.34. The lowest BCUT2D eigenvalue weighted by atomic mass is 10.1. The van der Waals surface area contributed by atoms with E-state index in [1.807, 2.05) is 28.8 Å². The van der Waals surface area contributed by atoms with Gasteiger partial charge < -0.3 is 9.47 Å². The molecule has 0 saturated heterocycles. The van der Waals surface area contributed by atoms with Crippen LogP contribution in [0, 0.1) is 0 Å². The summed E-state index contributed by atoms with van der Waals surface area (Å²) in [6.07, 6.45) is 3.08. The van der Waals surface area contributed by atoms with Crippen molar-refractivity contribution >= 4 is 26.3 Å². The zero-order valence-corrected chi connectivity index (χ0v) is 19.9. The maximum absolute atomic E-state index is 13.0. The highest BCUT2D eigenvalue weighted by molar-refractivity contribution is 7.89. The van der Waals surface area contributed by atoms with Gasteiger partial charge in [0.15, 0.2) is 11.5 Å². The summed E-state index contributed by atoms with van der Waals surface area (Å²) < 4.78 is 39.9. The van der Waals surface area contributed by atoms with E-state index in [-0.39, 0.29) is 11.3 Å². The largest absolute Gasteiger partial charge is 0.493 e. The van der Waals surface area contributed by atoms with E-state index in [0.29, 0.717) is 22.9 Å². The van der Waals surface area contributed by atoms with E-state index in [1.165, 1.54) is 44.2 Å². The van der Waals surface area contributed by atoms with Crippen LogP contribution in [0.25, 0.3) is 4.96 Å². The summed E-state index contributed by atoms with van der Waals surface area (Å²) in [6.45, 7) is 0. The van der Waals surface area contributed by atoms with E-state index in [1.54, 1.807) is 17.4 Å². The van der Waals surface area contributed by atoms with Crippen molar-refractivity contribution in [3.8, 4) is 11.5 Å². The van der Waals surface area contributed by atoms with Gasteiger partial charge in [0.1, 0.15) is 5.82 Å². The number of benzene rings is 2. The van der Waals surface area contributed by atoms with Gasteiger partial charge in [-0.15, -0.1) is 10.2 Å². The second-order valence-corrected chi connectivity index (χ2v) is 10.6. The van der Waals surface area contributed by atoms with Crippen LogP contribution < -0.4 is 9.47 Å². The third-order valence-electron chi connectivity index (χ3n) is 5.13. The van der Waals surface area contributed by atoms with E-state index in [9.17, 15) is 8.42 Å². The molecular weight excluding hydrogens is 448 g/mol. The number of aromatic nitrogens is 3. The molecule has 0 unspecified atom stereocenters. The Hall–Kier alpha value is -2.95. The summed E-state index contributed by atoms with van der Waals surface area (Å²) in [5, 5.41) is 8.60. The maximum Gasteiger partial charge on any atom is 0.242 e. The van der Waals surface area contributed by atoms with Crippen molar-refractivity contribution in [3.05, 3.63) is 70.5 Å². The molecule has 4 rings (SSSR count). The van der Waals surface area contributed by atoms with Gasteiger partial charge in [0.25, 0.3) is 0 Å². The van der Waals surface area contributed by atoms with Crippen LogP contribution in [0.5, 0.6) is 11.5 Å². The molecule has 2 aromatic carbocycles. The number of thiazole rings is 1. The molecule has 0 spiro atoms. The van der Waals surface area contributed by atoms with Crippen LogP contribution in [-0.2, 0) is 22.9 Å². The lowest BCUT2D eigenvalue weighted by molar-refractivity contribution is 0.353. The van der Waals surface area contributed by atoms with Gasteiger partial charge >= 0.3 is 0 Å². The Bertz CT molecular complexity index is 1350. The minimum atomic E-state index is -3.71. The smallest absolute Gasteiger partial charge is 0.242 e. The summed E-state index contributed by atoms with van der Waals surface area (Å²) in [5.41, 5.74) is 1.77. The molecule has 10 heteroatoms. The molecule has 0 radical (unpaired) electrons. The third-order valence-corrected chi connectivity index (χ3v) is 8.00. The SMILES string of the molecule is COc1cc(Cc2nnc3sc(Cc4ccccc4)cn23)c(S(=O)(=O)N(C)C)cc1OC. The molecular formula is C22H24N4O4S2. The monoisotopic (exact) mass is 472 g/mol. The Labute approximate surface area is 191 Å². The minimum Gasteiger partial charge on any atom is -0.493 e. The Kier molecular flexibility index (Phi) is 6.18. The van der Waals surface area contributed by atoms with Crippen LogP contribution in [0.2, 0.25) is 0 Å². The molecule has 4 aromatic rings. The van der Waals surface area contributed by atoms with E-state index in [0.717, 1.165) is 16.3 Å². The van der Waals surface area contributed by atoms with Crippen LogP contribution in [0.1, 0.15) is 21.8 Å². The quantitative estimate of drug-likeness (QED) is 0.391. The molecule has 8 nitrogen and oxygen atoms in total. The second kappa shape index (κ2) is 8.89. The van der Waals surface area contributed by atoms with Gasteiger partial charge in [-0.3, -0.25) is 4.40 Å². The maximum atomic E-state index is 13.0. The van der Waals surface area contributed by atoms with Crippen molar-refractivity contribution in [2.24, 2.45) is 0 Å². The van der Waals surface area contributed by atoms with Gasteiger partial charge in [-0.1, -0.05) is 41.7 Å². The third kappa shape index (κ3) is 4.21. The van der Waals surface area contributed by atoms with Gasteiger partial charge in [0.05, 0.1) is 19.1 Å². The highest BCUT2D eigenvalue weighted by atomic mass is 32.2. The fourth-order valence-electron chi connectivity index (χ4n) is 3.44. The number of hydrogen-bond donors (Lipinski definition) is 0. The highest BCUT2D eigenvalue weighted by Crippen LogP contribution is 2.35. The Morgan fingerprint density at radius 1 is 1.00 bits per heavy atom. The predicted octanol–water partition coefficient (Wildman–Crippen LogP) is 3.24. The number of hydrogen-bond acceptors (Lipinski definition) is 7. The van der Waals surface area contributed by atoms with E-state index in [2.05, 4.69) is 22.3 Å². The van der Waals surface area contributed by atoms with Gasteiger partial charge in [0.2, 0.25) is 15.0 Å². The molecule has 168 valence electrons. The molecule has 2 heterocycles. The molecule has 32 heavy (non-hydrogen) atoms. The summed E-state index contributed by atoms with van der Waals surface area (Å²) >= 11 is 1.57. The van der Waals surface area contributed by atoms with Crippen molar-refractivity contribution < 1.29 is 17.9 Å². The highest BCUT2D eigenvalue weighted by Gasteiger charge is 2.25. The summed E-state index contributed by atoms with van der Waals surface area (Å²) in [5.74, 6) is 1.46. The zero-order chi connectivity index (χ0) is 22.9. The van der Waals surface area contributed by atoms with Crippen LogP contribution in [0.3, 0.4) is 0 Å². The number of methoxy groups -OCH3 is 2. The molecule has 0 atom stereocenters. The van der Waals surface area contributed by atoms with Gasteiger partial charge in [-0.05, 0) is 17.2 Å². The van der Waals surface area contributed by atoms with Gasteiger partial charge in [-0.2, -0.15) is 0 Å². The predicted molar refractivity (Wildman–Crippen MR) is 123 cm³/mol. The van der Waals surface area contributed by atoms with Crippen molar-refractivity contribution in [2.45, 2.75) is 17.7 Å². The topological polar surface area (TPSA) is 86.0 Å². The van der Waals surface area contributed by atoms with Crippen LogP contribution in [0.4, 0.5) is 0 Å². The lowest BCUT2D eigenvalue weighted by Crippen LogP contribution is -2.23. The van der Waals surface area contributed by atoms with Gasteiger partial charge in [-0.25, -0.2) is 12.7 Å². The standard InChI is InChI=1S/C22H24N4O4S2/c1-25(2)32(27,28)20-13-19(30-4)18(29-3)11-16(20)12-21-23-24-22-26(21)14-17(31-22)10-15-8-6-5-7-9-15/h5-9,11,13-14H,10,12H2,1-4H3. The summed E-state index contributed by atoms with van der Waals surface area (Å²) in [4.78, 5) is 2.07. The first-order valence-corrected chi connectivity index (χ1v) is 12.1. The van der Waals surface area contributed by atoms with Crippen molar-refractivity contribution in [1.29, 1.82) is 0 Å². The lowest BCUT2D eigenvalue weighted by Gasteiger charge is -2.17. The van der Waals surface area contributed by atoms with E-state index >= 15 is 0 Å². The first kappa shape index (κ1) is 22.3. The van der Waals surface area contributed by atoms with Crippen molar-refractivity contribution in [2.75, 3.05) is 28.3 Å². The summed E-state index contributed by atoms with van der Waals surface area (Å²) in [6, 6.07) is 13.4. The first-order chi connectivity index (χ1) is 15.3. The number of fused-ring (bicyclic) bond motifs is 1. The minimum absolute atomic E-state index is 0.150. The van der Waals surface area contributed by atoms with Gasteiger partial charge in [0, 0.05) is 44.1 Å². The summed E-state index contributed by atoms with van der Waals surface area (Å²) in [7, 11) is 2.28. The molecule has 2 aromatic heterocycles. The number of rotatable bonds is 8. The van der Waals surface area contributed by atoms with Crippen LogP contribution in [0.15, 0.2) is 53.6 Å². The second-order valence-electron chi connectivity index (χ2n) is 7.41. The molecule has 0 aliphatic carbocycles. The van der Waals surface area contributed by atoms with Crippen LogP contribution >= 0.6 is 11.3 Å². The normalized spacial score (nSPS) is 11.9. The fourth-order valence-corrected chi connectivity index (χ4v) is 5.52. The first-order valence-electron chi connectivity index (χ1n) is 9.87. The van der Waals surface area contributed by atoms with Crippen LogP contribution in [-0.4, -0.2) is 55.6 Å². The Morgan fingerprint density at radius 3 is 2.34 bits per heavy atom. The molecule has 0 amide bonds. The van der Waals surface area contributed by atoms with Crippen molar-refractivity contribution in [3.63, 3.8) is 0 Å². The molecule has 0 N–H and O–H groups in total. The number of ether oxygens (including phenoxy) is 2. The number of nitrogens with zero attached hydrogens (tertiary/aromatic N) is 4. The van der Waals surface area contributed by atoms with Crippen molar-refractivity contribution in [1.82, 2.24) is 18.9 Å². The number of sulfonamides is 1. The van der Waals surface area contributed by atoms with E-state index < -0.39 is 10.0 Å².